The first-order valence-corrected chi connectivity index (χ1v) is 13.5. The van der Waals surface area contributed by atoms with Crippen molar-refractivity contribution in [2.24, 2.45) is 11.7 Å². The van der Waals surface area contributed by atoms with E-state index in [1.165, 1.54) is 18.4 Å². The molecule has 0 radical (unpaired) electrons. The zero-order valence-corrected chi connectivity index (χ0v) is 20.8. The summed E-state index contributed by atoms with van der Waals surface area (Å²) in [6.07, 6.45) is 3.22. The van der Waals surface area contributed by atoms with E-state index in [2.05, 4.69) is 0 Å². The summed E-state index contributed by atoms with van der Waals surface area (Å²) in [7, 11) is -2.24. The van der Waals surface area contributed by atoms with Crippen LogP contribution in [0.2, 0.25) is 5.02 Å². The molecule has 172 valence electrons. The molecule has 0 aliphatic carbocycles. The Hall–Kier alpha value is -1.41. The van der Waals surface area contributed by atoms with Gasteiger partial charge in [-0.15, -0.1) is 11.3 Å². The second-order valence-electron chi connectivity index (χ2n) is 7.76. The predicted octanol–water partition coefficient (Wildman–Crippen LogP) is 5.22. The largest absolute Gasteiger partial charge is 0.465 e. The average molecular weight is 486 g/mol. The molecule has 2 aromatic rings. The standard InChI is InChI=1S/C23H32ClNO4S2/c1-4-31(27,28)23(13-7-14-25,20-12-15-30-21(20)22(26)29-3)17(2)8-5-9-18-10-6-11-19(24)16-18/h6,10-12,15-17H,4-5,7-9,13-14,25H2,1-3H3. The number of hydrogen-bond donors (Lipinski definition) is 1. The number of esters is 1. The molecule has 0 aliphatic heterocycles. The van der Waals surface area contributed by atoms with Crippen LogP contribution in [0.25, 0.3) is 0 Å². The van der Waals surface area contributed by atoms with E-state index in [4.69, 9.17) is 22.1 Å². The van der Waals surface area contributed by atoms with E-state index in [0.29, 0.717) is 41.3 Å². The molecule has 5 nitrogen and oxygen atoms in total. The SMILES string of the molecule is CCS(=O)(=O)C(CCCN)(c1ccsc1C(=O)OC)C(C)CCCc1cccc(Cl)c1. The van der Waals surface area contributed by atoms with Crippen molar-refractivity contribution in [3.8, 4) is 0 Å². The van der Waals surface area contributed by atoms with Crippen molar-refractivity contribution in [1.29, 1.82) is 0 Å². The lowest BCUT2D eigenvalue weighted by atomic mass is 9.79. The van der Waals surface area contributed by atoms with Crippen molar-refractivity contribution in [2.75, 3.05) is 19.4 Å². The van der Waals surface area contributed by atoms with Gasteiger partial charge in [0.15, 0.2) is 9.84 Å². The van der Waals surface area contributed by atoms with Gasteiger partial charge in [-0.2, -0.15) is 0 Å². The molecule has 2 N–H and O–H groups in total. The Balaban J connectivity index is 2.45. The van der Waals surface area contributed by atoms with E-state index in [-0.39, 0.29) is 11.7 Å². The summed E-state index contributed by atoms with van der Waals surface area (Å²) in [6.45, 7) is 4.02. The van der Waals surface area contributed by atoms with Gasteiger partial charge < -0.3 is 10.5 Å². The Morgan fingerprint density at radius 3 is 2.65 bits per heavy atom. The van der Waals surface area contributed by atoms with Gasteiger partial charge >= 0.3 is 5.97 Å². The molecule has 31 heavy (non-hydrogen) atoms. The lowest BCUT2D eigenvalue weighted by molar-refractivity contribution is 0.0603. The molecule has 0 saturated carbocycles. The zero-order valence-electron chi connectivity index (χ0n) is 18.4. The maximum absolute atomic E-state index is 13.6. The predicted molar refractivity (Wildman–Crippen MR) is 129 cm³/mol. The minimum Gasteiger partial charge on any atom is -0.465 e. The molecule has 2 rings (SSSR count). The van der Waals surface area contributed by atoms with Gasteiger partial charge in [0.05, 0.1) is 7.11 Å². The number of benzene rings is 1. The number of sulfone groups is 1. The lowest BCUT2D eigenvalue weighted by Gasteiger charge is -2.39. The number of carbonyl (C=O) groups is 1. The van der Waals surface area contributed by atoms with Gasteiger partial charge in [0.1, 0.15) is 9.62 Å². The van der Waals surface area contributed by atoms with Gasteiger partial charge in [0, 0.05) is 10.8 Å². The Morgan fingerprint density at radius 1 is 1.29 bits per heavy atom. The molecular weight excluding hydrogens is 454 g/mol. The fraction of sp³-hybridized carbons (Fsp3) is 0.522. The highest BCUT2D eigenvalue weighted by Gasteiger charge is 2.50. The molecule has 2 atom stereocenters. The van der Waals surface area contributed by atoms with Crippen LogP contribution in [0.4, 0.5) is 0 Å². The normalized spacial score (nSPS) is 14.7. The minimum absolute atomic E-state index is 0.00728. The highest BCUT2D eigenvalue weighted by Crippen LogP contribution is 2.47. The van der Waals surface area contributed by atoms with E-state index in [1.54, 1.807) is 18.4 Å². The molecule has 0 fully saturated rings. The summed E-state index contributed by atoms with van der Waals surface area (Å²) < 4.78 is 31.0. The Morgan fingerprint density at radius 2 is 2.03 bits per heavy atom. The average Bonchev–Trinajstić information content (AvgIpc) is 3.23. The molecule has 0 aliphatic rings. The van der Waals surface area contributed by atoms with E-state index < -0.39 is 20.6 Å². The summed E-state index contributed by atoms with van der Waals surface area (Å²) in [5, 5.41) is 2.46. The number of nitrogens with two attached hydrogens (primary N) is 1. The van der Waals surface area contributed by atoms with E-state index >= 15 is 0 Å². The second kappa shape index (κ2) is 11.5. The van der Waals surface area contributed by atoms with Crippen LogP contribution in [-0.2, 0) is 25.7 Å². The number of thiophene rings is 1. The van der Waals surface area contributed by atoms with Crippen molar-refractivity contribution >= 4 is 38.7 Å². The molecule has 8 heteroatoms. The van der Waals surface area contributed by atoms with Crippen molar-refractivity contribution in [2.45, 2.75) is 50.7 Å². The van der Waals surface area contributed by atoms with E-state index in [0.717, 1.165) is 18.4 Å². The van der Waals surface area contributed by atoms with E-state index in [1.807, 2.05) is 31.2 Å². The smallest absolute Gasteiger partial charge is 0.348 e. The zero-order chi connectivity index (χ0) is 23.1. The molecule has 1 heterocycles. The van der Waals surface area contributed by atoms with Crippen molar-refractivity contribution in [1.82, 2.24) is 0 Å². The number of halogens is 1. The maximum atomic E-state index is 13.6. The third-order valence-electron chi connectivity index (χ3n) is 5.97. The third kappa shape index (κ3) is 5.69. The van der Waals surface area contributed by atoms with Gasteiger partial charge in [-0.3, -0.25) is 0 Å². The van der Waals surface area contributed by atoms with Gasteiger partial charge in [0.25, 0.3) is 0 Å². The molecular formula is C23H32ClNO4S2. The molecule has 0 amide bonds. The van der Waals surface area contributed by atoms with Crippen LogP contribution in [0, 0.1) is 5.92 Å². The second-order valence-corrected chi connectivity index (χ2v) is 11.7. The fourth-order valence-corrected chi connectivity index (χ4v) is 7.71. The summed E-state index contributed by atoms with van der Waals surface area (Å²) in [4.78, 5) is 12.8. The summed E-state index contributed by atoms with van der Waals surface area (Å²) in [5.74, 6) is -0.715. The van der Waals surface area contributed by atoms with Crippen LogP contribution < -0.4 is 5.73 Å². The quantitative estimate of drug-likeness (QED) is 0.416. The Kier molecular flexibility index (Phi) is 9.55. The highest BCUT2D eigenvalue weighted by molar-refractivity contribution is 7.92. The first-order valence-electron chi connectivity index (χ1n) is 10.6. The molecule has 0 saturated heterocycles. The Bertz CT molecular complexity index is 973. The number of hydrogen-bond acceptors (Lipinski definition) is 6. The van der Waals surface area contributed by atoms with Crippen LogP contribution in [0.15, 0.2) is 35.7 Å². The van der Waals surface area contributed by atoms with Crippen LogP contribution in [0.1, 0.15) is 60.3 Å². The van der Waals surface area contributed by atoms with Gasteiger partial charge in [-0.1, -0.05) is 37.6 Å². The van der Waals surface area contributed by atoms with Gasteiger partial charge in [-0.25, -0.2) is 13.2 Å². The molecule has 0 spiro atoms. The van der Waals surface area contributed by atoms with Gasteiger partial charge in [0.2, 0.25) is 0 Å². The minimum atomic E-state index is -3.56. The number of aryl methyl sites for hydroxylation is 1. The van der Waals surface area contributed by atoms with Crippen LogP contribution >= 0.6 is 22.9 Å². The van der Waals surface area contributed by atoms with Crippen LogP contribution in [0.3, 0.4) is 0 Å². The summed E-state index contributed by atoms with van der Waals surface area (Å²) in [5.41, 5.74) is 7.46. The monoisotopic (exact) mass is 485 g/mol. The summed E-state index contributed by atoms with van der Waals surface area (Å²) >= 11 is 7.31. The lowest BCUT2D eigenvalue weighted by Crippen LogP contribution is -2.44. The third-order valence-corrected chi connectivity index (χ3v) is 9.79. The summed E-state index contributed by atoms with van der Waals surface area (Å²) in [6, 6.07) is 9.49. The van der Waals surface area contributed by atoms with Crippen molar-refractivity contribution < 1.29 is 17.9 Å². The number of carbonyl (C=O) groups excluding carboxylic acids is 1. The molecule has 2 unspecified atom stereocenters. The number of rotatable bonds is 12. The van der Waals surface area contributed by atoms with Crippen LogP contribution in [-0.4, -0.2) is 33.8 Å². The first kappa shape index (κ1) is 25.8. The molecule has 1 aromatic heterocycles. The first-order chi connectivity index (χ1) is 14.7. The highest BCUT2D eigenvalue weighted by atomic mass is 35.5. The number of methoxy groups -OCH3 is 1. The fourth-order valence-electron chi connectivity index (χ4n) is 4.33. The van der Waals surface area contributed by atoms with Gasteiger partial charge in [-0.05, 0) is 79.3 Å². The molecule has 1 aromatic carbocycles. The van der Waals surface area contributed by atoms with Crippen LogP contribution in [0.5, 0.6) is 0 Å². The topological polar surface area (TPSA) is 86.5 Å². The van der Waals surface area contributed by atoms with Crippen molar-refractivity contribution in [3.63, 3.8) is 0 Å². The molecule has 0 bridgehead atoms. The van der Waals surface area contributed by atoms with E-state index in [9.17, 15) is 13.2 Å². The number of ether oxygens (including phenoxy) is 1. The Labute approximate surface area is 194 Å². The maximum Gasteiger partial charge on any atom is 0.348 e. The van der Waals surface area contributed by atoms with Crippen molar-refractivity contribution in [3.05, 3.63) is 56.7 Å².